The zero-order chi connectivity index (χ0) is 11.7. The highest BCUT2D eigenvalue weighted by molar-refractivity contribution is 5.53. The first kappa shape index (κ1) is 10.7. The van der Waals surface area contributed by atoms with Crippen LogP contribution in [0.4, 0.5) is 8.78 Å². The van der Waals surface area contributed by atoms with Gasteiger partial charge in [0.25, 0.3) is 5.89 Å². The first-order valence-electron chi connectivity index (χ1n) is 4.62. The van der Waals surface area contributed by atoms with Gasteiger partial charge in [-0.1, -0.05) is 0 Å². The third kappa shape index (κ3) is 1.92. The Labute approximate surface area is 90.1 Å². The Kier molecular flexibility index (Phi) is 2.66. The van der Waals surface area contributed by atoms with Crippen molar-refractivity contribution in [3.8, 4) is 11.5 Å². The van der Waals surface area contributed by atoms with Gasteiger partial charge in [0, 0.05) is 6.07 Å². The van der Waals surface area contributed by atoms with Crippen LogP contribution in [0.2, 0.25) is 0 Å². The van der Waals surface area contributed by atoms with Crippen molar-refractivity contribution in [1.82, 2.24) is 10.2 Å². The van der Waals surface area contributed by atoms with Crippen LogP contribution in [0.3, 0.4) is 0 Å². The molecule has 1 aromatic carbocycles. The van der Waals surface area contributed by atoms with Crippen LogP contribution in [0.1, 0.15) is 18.9 Å². The first-order valence-corrected chi connectivity index (χ1v) is 4.62. The summed E-state index contributed by atoms with van der Waals surface area (Å²) in [6.45, 7) is 1.66. The molecule has 1 aromatic heterocycles. The largest absolute Gasteiger partial charge is 0.419 e. The van der Waals surface area contributed by atoms with E-state index in [4.69, 9.17) is 10.2 Å². The molecule has 0 fully saturated rings. The Balaban J connectivity index is 2.42. The maximum Gasteiger partial charge on any atom is 0.250 e. The van der Waals surface area contributed by atoms with Crippen molar-refractivity contribution in [3.05, 3.63) is 35.7 Å². The fourth-order valence-corrected chi connectivity index (χ4v) is 1.19. The number of hydrogen-bond donors (Lipinski definition) is 1. The van der Waals surface area contributed by atoms with Gasteiger partial charge in [0.2, 0.25) is 5.89 Å². The van der Waals surface area contributed by atoms with E-state index in [1.54, 1.807) is 6.92 Å². The summed E-state index contributed by atoms with van der Waals surface area (Å²) in [4.78, 5) is 0. The minimum atomic E-state index is -0.750. The van der Waals surface area contributed by atoms with E-state index in [9.17, 15) is 8.78 Å². The molecule has 0 bridgehead atoms. The van der Waals surface area contributed by atoms with Crippen molar-refractivity contribution in [2.75, 3.05) is 0 Å². The average Bonchev–Trinajstić information content (AvgIpc) is 2.66. The molecule has 0 radical (unpaired) electrons. The zero-order valence-electron chi connectivity index (χ0n) is 8.45. The summed E-state index contributed by atoms with van der Waals surface area (Å²) < 4.78 is 31.2. The molecule has 1 heterocycles. The van der Waals surface area contributed by atoms with Crippen LogP contribution >= 0.6 is 0 Å². The third-order valence-electron chi connectivity index (χ3n) is 1.99. The van der Waals surface area contributed by atoms with E-state index >= 15 is 0 Å². The van der Waals surface area contributed by atoms with E-state index in [2.05, 4.69) is 10.2 Å². The lowest BCUT2D eigenvalue weighted by atomic mass is 10.2. The highest BCUT2D eigenvalue weighted by Crippen LogP contribution is 2.23. The molecule has 2 rings (SSSR count). The molecule has 16 heavy (non-hydrogen) atoms. The Morgan fingerprint density at radius 2 is 2.06 bits per heavy atom. The minimum Gasteiger partial charge on any atom is -0.419 e. The van der Waals surface area contributed by atoms with Gasteiger partial charge in [-0.25, -0.2) is 8.78 Å². The summed E-state index contributed by atoms with van der Waals surface area (Å²) in [6, 6.07) is 2.69. The summed E-state index contributed by atoms with van der Waals surface area (Å²) in [5.74, 6) is -1.21. The van der Waals surface area contributed by atoms with Gasteiger partial charge >= 0.3 is 0 Å². The van der Waals surface area contributed by atoms with Gasteiger partial charge in [-0.05, 0) is 19.1 Å². The lowest BCUT2D eigenvalue weighted by Gasteiger charge is -1.98. The normalized spacial score (nSPS) is 12.8. The molecule has 6 heteroatoms. The Morgan fingerprint density at radius 3 is 2.62 bits per heavy atom. The molecule has 0 aliphatic carbocycles. The van der Waals surface area contributed by atoms with Crippen molar-refractivity contribution < 1.29 is 13.2 Å². The molecule has 0 spiro atoms. The van der Waals surface area contributed by atoms with Gasteiger partial charge in [0.1, 0.15) is 11.6 Å². The molecule has 2 N–H and O–H groups in total. The first-order chi connectivity index (χ1) is 7.58. The van der Waals surface area contributed by atoms with Gasteiger partial charge in [-0.3, -0.25) is 0 Å². The summed E-state index contributed by atoms with van der Waals surface area (Å²) in [5.41, 5.74) is 5.57. The standard InChI is InChI=1S/C10H9F2N3O/c1-5(13)9-14-15-10(16-9)7-3-2-6(11)4-8(7)12/h2-5H,13H2,1H3. The van der Waals surface area contributed by atoms with Crippen LogP contribution in [-0.2, 0) is 0 Å². The maximum atomic E-state index is 13.3. The number of nitrogens with zero attached hydrogens (tertiary/aromatic N) is 2. The molecule has 0 aliphatic heterocycles. The van der Waals surface area contributed by atoms with Gasteiger partial charge in [-0.2, -0.15) is 0 Å². The molecular weight excluding hydrogens is 216 g/mol. The molecular formula is C10H9F2N3O. The fraction of sp³-hybridized carbons (Fsp3) is 0.200. The molecule has 1 unspecified atom stereocenters. The van der Waals surface area contributed by atoms with Gasteiger partial charge in [-0.15, -0.1) is 10.2 Å². The molecule has 1 atom stereocenters. The quantitative estimate of drug-likeness (QED) is 0.849. The van der Waals surface area contributed by atoms with Gasteiger partial charge in [0.15, 0.2) is 0 Å². The van der Waals surface area contributed by atoms with E-state index in [-0.39, 0.29) is 17.3 Å². The molecule has 84 valence electrons. The van der Waals surface area contributed by atoms with Crippen LogP contribution < -0.4 is 5.73 Å². The number of aromatic nitrogens is 2. The van der Waals surface area contributed by atoms with E-state index in [1.807, 2.05) is 0 Å². The minimum absolute atomic E-state index is 0.00944. The summed E-state index contributed by atoms with van der Waals surface area (Å²) >= 11 is 0. The second-order valence-corrected chi connectivity index (χ2v) is 3.36. The maximum absolute atomic E-state index is 13.3. The van der Waals surface area contributed by atoms with Gasteiger partial charge in [0.05, 0.1) is 11.6 Å². The molecule has 0 aliphatic rings. The van der Waals surface area contributed by atoms with Crippen molar-refractivity contribution in [3.63, 3.8) is 0 Å². The second-order valence-electron chi connectivity index (χ2n) is 3.36. The topological polar surface area (TPSA) is 64.9 Å². The summed E-state index contributed by atoms with van der Waals surface area (Å²) in [7, 11) is 0. The lowest BCUT2D eigenvalue weighted by molar-refractivity contribution is 0.470. The van der Waals surface area contributed by atoms with Crippen molar-refractivity contribution in [1.29, 1.82) is 0 Å². The van der Waals surface area contributed by atoms with Crippen LogP contribution in [0.15, 0.2) is 22.6 Å². The van der Waals surface area contributed by atoms with E-state index in [1.165, 1.54) is 6.07 Å². The summed E-state index contributed by atoms with van der Waals surface area (Å²) in [5, 5.41) is 7.29. The molecule has 4 nitrogen and oxygen atoms in total. The smallest absolute Gasteiger partial charge is 0.250 e. The predicted octanol–water partition coefficient (Wildman–Crippen LogP) is 2.03. The molecule has 2 aromatic rings. The average molecular weight is 225 g/mol. The Bertz CT molecular complexity index is 511. The number of nitrogens with two attached hydrogens (primary N) is 1. The Morgan fingerprint density at radius 1 is 1.31 bits per heavy atom. The van der Waals surface area contributed by atoms with Crippen molar-refractivity contribution >= 4 is 0 Å². The molecule has 0 amide bonds. The fourth-order valence-electron chi connectivity index (χ4n) is 1.19. The number of hydrogen-bond acceptors (Lipinski definition) is 4. The highest BCUT2D eigenvalue weighted by atomic mass is 19.1. The van der Waals surface area contributed by atoms with Crippen LogP contribution in [-0.4, -0.2) is 10.2 Å². The second kappa shape index (κ2) is 3.97. The van der Waals surface area contributed by atoms with Gasteiger partial charge < -0.3 is 10.2 Å². The number of halogens is 2. The van der Waals surface area contributed by atoms with E-state index in [0.29, 0.717) is 0 Å². The number of rotatable bonds is 2. The van der Waals surface area contributed by atoms with Crippen LogP contribution in [0.5, 0.6) is 0 Å². The van der Waals surface area contributed by atoms with E-state index < -0.39 is 17.7 Å². The molecule has 0 saturated carbocycles. The molecule has 0 saturated heterocycles. The van der Waals surface area contributed by atoms with Crippen molar-refractivity contribution in [2.45, 2.75) is 13.0 Å². The third-order valence-corrected chi connectivity index (χ3v) is 1.99. The van der Waals surface area contributed by atoms with Crippen molar-refractivity contribution in [2.24, 2.45) is 5.73 Å². The Hall–Kier alpha value is -1.82. The number of benzene rings is 1. The zero-order valence-corrected chi connectivity index (χ0v) is 8.45. The van der Waals surface area contributed by atoms with Crippen LogP contribution in [0, 0.1) is 11.6 Å². The SMILES string of the molecule is CC(N)c1nnc(-c2ccc(F)cc2F)o1. The van der Waals surface area contributed by atoms with E-state index in [0.717, 1.165) is 12.1 Å². The lowest BCUT2D eigenvalue weighted by Crippen LogP contribution is -2.04. The monoisotopic (exact) mass is 225 g/mol. The summed E-state index contributed by atoms with van der Waals surface area (Å²) in [6.07, 6.45) is 0. The van der Waals surface area contributed by atoms with Crippen LogP contribution in [0.25, 0.3) is 11.5 Å². The highest BCUT2D eigenvalue weighted by Gasteiger charge is 2.15. The predicted molar refractivity (Wildman–Crippen MR) is 52.3 cm³/mol.